The van der Waals surface area contributed by atoms with Crippen LogP contribution < -0.4 is 4.90 Å². The molecule has 0 bridgehead atoms. The van der Waals surface area contributed by atoms with Crippen molar-refractivity contribution in [3.63, 3.8) is 0 Å². The van der Waals surface area contributed by atoms with Gasteiger partial charge in [-0.2, -0.15) is 0 Å². The zero-order valence-electron chi connectivity index (χ0n) is 14.6. The third-order valence-corrected chi connectivity index (χ3v) is 4.86. The fraction of sp³-hybridized carbons (Fsp3) is 0.150. The van der Waals surface area contributed by atoms with Gasteiger partial charge in [-0.05, 0) is 46.9 Å². The number of hydrogen-bond donors (Lipinski definition) is 0. The van der Waals surface area contributed by atoms with E-state index in [0.717, 1.165) is 3.57 Å². The van der Waals surface area contributed by atoms with Crippen LogP contribution in [0.1, 0.15) is 27.6 Å². The van der Waals surface area contributed by atoms with E-state index in [1.54, 1.807) is 55.4 Å². The highest BCUT2D eigenvalue weighted by molar-refractivity contribution is 14.1. The molecule has 2 aromatic rings. The molecular formula is C20H17IN2O3. The molecule has 0 fully saturated rings. The second kappa shape index (κ2) is 7.03. The van der Waals surface area contributed by atoms with Crippen molar-refractivity contribution < 1.29 is 14.4 Å². The van der Waals surface area contributed by atoms with Crippen LogP contribution >= 0.6 is 22.6 Å². The molecule has 0 saturated carbocycles. The maximum Gasteiger partial charge on any atom is 0.228 e. The van der Waals surface area contributed by atoms with Crippen LogP contribution in [0.15, 0.2) is 59.9 Å². The third-order valence-electron chi connectivity index (χ3n) is 4.14. The number of likely N-dealkylation sites (N-methyl/N-ethyl adjacent to an activating group) is 1. The van der Waals surface area contributed by atoms with Crippen LogP contribution in [0.2, 0.25) is 0 Å². The highest BCUT2D eigenvalue weighted by atomic mass is 127. The number of fused-ring (bicyclic) bond motifs is 1. The topological polar surface area (TPSA) is 57.7 Å². The molecule has 0 atom stereocenters. The average Bonchev–Trinajstić information content (AvgIpc) is 2.60. The summed E-state index contributed by atoms with van der Waals surface area (Å²) in [6.45, 7) is 1.39. The summed E-state index contributed by atoms with van der Waals surface area (Å²) in [5.41, 5.74) is 1.52. The summed E-state index contributed by atoms with van der Waals surface area (Å²) in [7, 11) is 3.39. The number of benzene rings is 2. The number of amides is 1. The molecule has 1 amide bonds. The highest BCUT2D eigenvalue weighted by Crippen LogP contribution is 2.32. The number of nitrogens with zero attached hydrogens (tertiary/aromatic N) is 2. The summed E-state index contributed by atoms with van der Waals surface area (Å²) in [6, 6.07) is 13.9. The number of hydrogen-bond acceptors (Lipinski definition) is 4. The first-order valence-corrected chi connectivity index (χ1v) is 9.07. The molecule has 0 radical (unpaired) electrons. The average molecular weight is 460 g/mol. The van der Waals surface area contributed by atoms with Crippen LogP contribution in [0, 0.1) is 3.57 Å². The highest BCUT2D eigenvalue weighted by Gasteiger charge is 2.37. The predicted molar refractivity (Wildman–Crippen MR) is 108 cm³/mol. The number of halogens is 1. The summed E-state index contributed by atoms with van der Waals surface area (Å²) < 4.78 is 1.01. The van der Waals surface area contributed by atoms with Crippen molar-refractivity contribution in [3.8, 4) is 0 Å². The van der Waals surface area contributed by atoms with Crippen molar-refractivity contribution in [1.82, 2.24) is 4.90 Å². The number of ketones is 2. The quantitative estimate of drug-likeness (QED) is 0.659. The van der Waals surface area contributed by atoms with Gasteiger partial charge in [0, 0.05) is 41.4 Å². The molecule has 5 nitrogen and oxygen atoms in total. The number of anilines is 1. The van der Waals surface area contributed by atoms with Crippen LogP contribution in [-0.4, -0.2) is 36.5 Å². The smallest absolute Gasteiger partial charge is 0.228 e. The minimum atomic E-state index is -0.336. The Morgan fingerprint density at radius 3 is 1.81 bits per heavy atom. The van der Waals surface area contributed by atoms with Crippen LogP contribution in [0.5, 0.6) is 0 Å². The Balaban J connectivity index is 2.28. The maximum absolute atomic E-state index is 13.2. The van der Waals surface area contributed by atoms with Gasteiger partial charge in [0.15, 0.2) is 0 Å². The third kappa shape index (κ3) is 3.05. The van der Waals surface area contributed by atoms with E-state index in [2.05, 4.69) is 22.6 Å². The van der Waals surface area contributed by atoms with Gasteiger partial charge in [-0.3, -0.25) is 19.3 Å². The van der Waals surface area contributed by atoms with E-state index < -0.39 is 0 Å². The number of allylic oxidation sites excluding steroid dienone is 2. The Morgan fingerprint density at radius 1 is 0.846 bits per heavy atom. The number of carbonyl (C=O) groups is 3. The van der Waals surface area contributed by atoms with Crippen molar-refractivity contribution in [2.45, 2.75) is 6.92 Å². The molecule has 1 aliphatic rings. The molecule has 2 aromatic carbocycles. The zero-order chi connectivity index (χ0) is 19.0. The van der Waals surface area contributed by atoms with E-state index in [9.17, 15) is 14.4 Å². The van der Waals surface area contributed by atoms with Crippen molar-refractivity contribution in [3.05, 3.63) is 74.6 Å². The summed E-state index contributed by atoms with van der Waals surface area (Å²) >= 11 is 2.17. The van der Waals surface area contributed by atoms with E-state index in [1.165, 1.54) is 11.8 Å². The van der Waals surface area contributed by atoms with Crippen molar-refractivity contribution in [2.24, 2.45) is 0 Å². The minimum Gasteiger partial charge on any atom is -0.373 e. The Bertz CT molecular complexity index is 946. The lowest BCUT2D eigenvalue weighted by Gasteiger charge is -2.31. The normalized spacial score (nSPS) is 13.5. The van der Waals surface area contributed by atoms with Crippen molar-refractivity contribution >= 4 is 45.8 Å². The van der Waals surface area contributed by atoms with E-state index in [1.807, 2.05) is 12.1 Å². The van der Waals surface area contributed by atoms with Gasteiger partial charge in [0.05, 0.1) is 0 Å². The molecule has 0 unspecified atom stereocenters. The lowest BCUT2D eigenvalue weighted by molar-refractivity contribution is -0.116. The Hall–Kier alpha value is -2.48. The first-order valence-electron chi connectivity index (χ1n) is 7.99. The van der Waals surface area contributed by atoms with Crippen LogP contribution in [-0.2, 0) is 4.79 Å². The SMILES string of the molecule is CC(=O)N(C1=C(N(C)C)C(=O)c2ccccc2C1=O)c1ccc(I)cc1. The molecular weight excluding hydrogens is 443 g/mol. The molecule has 132 valence electrons. The Kier molecular flexibility index (Phi) is 4.95. The lowest BCUT2D eigenvalue weighted by Crippen LogP contribution is -2.40. The van der Waals surface area contributed by atoms with E-state index in [0.29, 0.717) is 16.8 Å². The predicted octanol–water partition coefficient (Wildman–Crippen LogP) is 3.50. The monoisotopic (exact) mass is 460 g/mol. The number of rotatable bonds is 3. The molecule has 0 aliphatic heterocycles. The molecule has 0 spiro atoms. The lowest BCUT2D eigenvalue weighted by atomic mass is 9.89. The zero-order valence-corrected chi connectivity index (χ0v) is 16.8. The fourth-order valence-electron chi connectivity index (χ4n) is 3.03. The summed E-state index contributed by atoms with van der Waals surface area (Å²) in [6.07, 6.45) is 0. The minimum absolute atomic E-state index is 0.0902. The largest absolute Gasteiger partial charge is 0.373 e. The van der Waals surface area contributed by atoms with E-state index in [4.69, 9.17) is 0 Å². The van der Waals surface area contributed by atoms with Gasteiger partial charge in [0.2, 0.25) is 17.5 Å². The molecule has 1 aliphatic carbocycles. The van der Waals surface area contributed by atoms with E-state index >= 15 is 0 Å². The first-order chi connectivity index (χ1) is 12.3. The summed E-state index contributed by atoms with van der Waals surface area (Å²) in [5.74, 6) is -0.935. The van der Waals surface area contributed by atoms with Gasteiger partial charge < -0.3 is 4.90 Å². The number of carbonyl (C=O) groups excluding carboxylic acids is 3. The van der Waals surface area contributed by atoms with Crippen molar-refractivity contribution in [2.75, 3.05) is 19.0 Å². The molecule has 26 heavy (non-hydrogen) atoms. The van der Waals surface area contributed by atoms with Gasteiger partial charge in [-0.25, -0.2) is 0 Å². The second-order valence-corrected chi connectivity index (χ2v) is 7.37. The maximum atomic E-state index is 13.2. The molecule has 3 rings (SSSR count). The Morgan fingerprint density at radius 2 is 1.35 bits per heavy atom. The van der Waals surface area contributed by atoms with Gasteiger partial charge in [-0.1, -0.05) is 24.3 Å². The molecule has 0 N–H and O–H groups in total. The fourth-order valence-corrected chi connectivity index (χ4v) is 3.39. The molecule has 0 saturated heterocycles. The molecule has 0 heterocycles. The van der Waals surface area contributed by atoms with Crippen molar-refractivity contribution in [1.29, 1.82) is 0 Å². The van der Waals surface area contributed by atoms with Gasteiger partial charge in [0.25, 0.3) is 0 Å². The van der Waals surface area contributed by atoms with Crippen LogP contribution in [0.4, 0.5) is 5.69 Å². The van der Waals surface area contributed by atoms with Crippen LogP contribution in [0.25, 0.3) is 0 Å². The van der Waals surface area contributed by atoms with Gasteiger partial charge in [0.1, 0.15) is 11.4 Å². The van der Waals surface area contributed by atoms with Gasteiger partial charge in [-0.15, -0.1) is 0 Å². The summed E-state index contributed by atoms with van der Waals surface area (Å²) in [5, 5.41) is 0. The van der Waals surface area contributed by atoms with Gasteiger partial charge >= 0.3 is 0 Å². The van der Waals surface area contributed by atoms with E-state index in [-0.39, 0.29) is 28.9 Å². The van der Waals surface area contributed by atoms with Crippen LogP contribution in [0.3, 0.4) is 0 Å². The first kappa shape index (κ1) is 18.3. The molecule has 6 heteroatoms. The standard InChI is InChI=1S/C20H17IN2O3/c1-12(24)23(14-10-8-13(21)9-11-14)18-17(22(2)3)19(25)15-6-4-5-7-16(15)20(18)26/h4-11H,1-3H3. The molecule has 0 aromatic heterocycles. The Labute approximate surface area is 165 Å². The second-order valence-electron chi connectivity index (χ2n) is 6.13. The summed E-state index contributed by atoms with van der Waals surface area (Å²) in [4.78, 5) is 41.6. The number of Topliss-reactive ketones (excluding diaryl/α,β-unsaturated/α-hetero) is 2.